The van der Waals surface area contributed by atoms with Crippen molar-refractivity contribution in [3.8, 4) is 0 Å². The lowest BCUT2D eigenvalue weighted by Crippen LogP contribution is -2.45. The summed E-state index contributed by atoms with van der Waals surface area (Å²) in [5, 5.41) is 3.42. The van der Waals surface area contributed by atoms with Crippen molar-refractivity contribution in [3.63, 3.8) is 0 Å². The number of rotatable bonds is 4. The largest absolute Gasteiger partial charge is 0.424 e. The van der Waals surface area contributed by atoms with E-state index in [1.807, 2.05) is 24.3 Å². The molecular weight excluding hydrogens is 272 g/mol. The minimum atomic E-state index is 0.685. The van der Waals surface area contributed by atoms with Gasteiger partial charge in [0.05, 0.1) is 0 Å². The highest BCUT2D eigenvalue weighted by Crippen LogP contribution is 2.57. The van der Waals surface area contributed by atoms with Crippen LogP contribution in [0.5, 0.6) is 0 Å². The molecule has 0 aliphatic heterocycles. The summed E-state index contributed by atoms with van der Waals surface area (Å²) >= 11 is 0. The van der Waals surface area contributed by atoms with Crippen LogP contribution in [0.2, 0.25) is 0 Å². The van der Waals surface area contributed by atoms with Crippen molar-refractivity contribution in [2.45, 2.75) is 38.5 Å². The van der Waals surface area contributed by atoms with Crippen LogP contribution < -0.4 is 5.32 Å². The third-order valence-corrected chi connectivity index (χ3v) is 6.47. The number of hydrogen-bond donors (Lipinski definition) is 1. The minimum absolute atomic E-state index is 0.685. The summed E-state index contributed by atoms with van der Waals surface area (Å²) in [7, 11) is 0. The van der Waals surface area contributed by atoms with E-state index in [0.29, 0.717) is 6.01 Å². The molecule has 2 aromatic rings. The van der Waals surface area contributed by atoms with Crippen molar-refractivity contribution in [1.29, 1.82) is 0 Å². The number of nitrogens with one attached hydrogen (secondary N) is 1. The standard InChI is InChI=1S/C19H24N2O/c1-2-4-18-17(3-1)21-19(22-18)20-6-5-16-14-8-12-7-13(10-14)11-15(16)9-12/h1-4,12-16H,5-11H2,(H,20,21). The van der Waals surface area contributed by atoms with Crippen LogP contribution in [0.3, 0.4) is 0 Å². The Morgan fingerprint density at radius 2 is 1.73 bits per heavy atom. The molecular formula is C19H24N2O. The molecule has 0 atom stereocenters. The van der Waals surface area contributed by atoms with Gasteiger partial charge < -0.3 is 9.73 Å². The first-order chi connectivity index (χ1) is 10.8. The van der Waals surface area contributed by atoms with Gasteiger partial charge in [0, 0.05) is 6.54 Å². The van der Waals surface area contributed by atoms with Gasteiger partial charge in [-0.2, -0.15) is 4.98 Å². The topological polar surface area (TPSA) is 38.1 Å². The summed E-state index contributed by atoms with van der Waals surface area (Å²) in [6.07, 6.45) is 8.89. The number of hydrogen-bond acceptors (Lipinski definition) is 3. The van der Waals surface area contributed by atoms with Crippen LogP contribution in [-0.4, -0.2) is 11.5 Å². The number of para-hydroxylation sites is 2. The molecule has 1 aromatic heterocycles. The minimum Gasteiger partial charge on any atom is -0.424 e. The maximum Gasteiger partial charge on any atom is 0.295 e. The third-order valence-electron chi connectivity index (χ3n) is 6.47. The molecule has 1 heterocycles. The average molecular weight is 296 g/mol. The number of aromatic nitrogens is 1. The van der Waals surface area contributed by atoms with Gasteiger partial charge in [-0.15, -0.1) is 0 Å². The lowest BCUT2D eigenvalue weighted by molar-refractivity contribution is -0.0382. The van der Waals surface area contributed by atoms with Crippen LogP contribution in [0.25, 0.3) is 11.1 Å². The van der Waals surface area contributed by atoms with E-state index in [-0.39, 0.29) is 0 Å². The molecule has 0 amide bonds. The van der Waals surface area contributed by atoms with Gasteiger partial charge in [-0.3, -0.25) is 0 Å². The molecule has 116 valence electrons. The Balaban J connectivity index is 1.22. The summed E-state index contributed by atoms with van der Waals surface area (Å²) in [5.41, 5.74) is 1.82. The first kappa shape index (κ1) is 13.0. The highest BCUT2D eigenvalue weighted by Gasteiger charge is 2.47. The second-order valence-corrected chi connectivity index (χ2v) is 7.80. The number of oxazole rings is 1. The van der Waals surface area contributed by atoms with Gasteiger partial charge in [-0.1, -0.05) is 12.1 Å². The van der Waals surface area contributed by atoms with Gasteiger partial charge in [0.25, 0.3) is 6.01 Å². The van der Waals surface area contributed by atoms with Crippen molar-refractivity contribution in [2.24, 2.45) is 29.6 Å². The fourth-order valence-electron chi connectivity index (χ4n) is 5.80. The second-order valence-electron chi connectivity index (χ2n) is 7.80. The molecule has 4 aliphatic carbocycles. The van der Waals surface area contributed by atoms with Gasteiger partial charge in [0.2, 0.25) is 0 Å². The van der Waals surface area contributed by atoms with Crippen molar-refractivity contribution in [3.05, 3.63) is 24.3 Å². The van der Waals surface area contributed by atoms with E-state index in [4.69, 9.17) is 4.42 Å². The molecule has 0 radical (unpaired) electrons. The van der Waals surface area contributed by atoms with E-state index in [2.05, 4.69) is 10.3 Å². The van der Waals surface area contributed by atoms with E-state index in [1.165, 1.54) is 32.1 Å². The van der Waals surface area contributed by atoms with Crippen molar-refractivity contribution in [1.82, 2.24) is 4.98 Å². The van der Waals surface area contributed by atoms with E-state index >= 15 is 0 Å². The molecule has 0 unspecified atom stereocenters. The molecule has 4 bridgehead atoms. The van der Waals surface area contributed by atoms with Crippen LogP contribution in [0.4, 0.5) is 6.01 Å². The van der Waals surface area contributed by atoms with Gasteiger partial charge in [0.1, 0.15) is 5.52 Å². The molecule has 4 fully saturated rings. The normalized spacial score (nSPS) is 36.1. The fraction of sp³-hybridized carbons (Fsp3) is 0.632. The van der Waals surface area contributed by atoms with Crippen LogP contribution in [0, 0.1) is 29.6 Å². The van der Waals surface area contributed by atoms with Crippen LogP contribution in [-0.2, 0) is 0 Å². The first-order valence-electron chi connectivity index (χ1n) is 8.94. The van der Waals surface area contributed by atoms with E-state index in [9.17, 15) is 0 Å². The maximum absolute atomic E-state index is 5.75. The Morgan fingerprint density at radius 3 is 2.45 bits per heavy atom. The summed E-state index contributed by atoms with van der Waals surface area (Å²) < 4.78 is 5.75. The average Bonchev–Trinajstić information content (AvgIpc) is 2.92. The highest BCUT2D eigenvalue weighted by molar-refractivity contribution is 5.74. The predicted octanol–water partition coefficient (Wildman–Crippen LogP) is 4.70. The van der Waals surface area contributed by atoms with E-state index in [1.54, 1.807) is 6.42 Å². The monoisotopic (exact) mass is 296 g/mol. The maximum atomic E-state index is 5.75. The second kappa shape index (κ2) is 5.00. The number of nitrogens with zero attached hydrogens (tertiary/aromatic N) is 1. The van der Waals surface area contributed by atoms with Crippen molar-refractivity contribution >= 4 is 17.1 Å². The van der Waals surface area contributed by atoms with Crippen molar-refractivity contribution in [2.75, 3.05) is 11.9 Å². The van der Waals surface area contributed by atoms with Gasteiger partial charge in [-0.05, 0) is 80.2 Å². The highest BCUT2D eigenvalue weighted by atomic mass is 16.4. The predicted molar refractivity (Wildman–Crippen MR) is 87.7 cm³/mol. The number of anilines is 1. The lowest BCUT2D eigenvalue weighted by atomic mass is 9.51. The van der Waals surface area contributed by atoms with Gasteiger partial charge >= 0.3 is 0 Å². The zero-order valence-electron chi connectivity index (χ0n) is 13.0. The van der Waals surface area contributed by atoms with Crippen molar-refractivity contribution < 1.29 is 4.42 Å². The summed E-state index contributed by atoms with van der Waals surface area (Å²) in [6.45, 7) is 1.000. The van der Waals surface area contributed by atoms with E-state index in [0.717, 1.165) is 47.2 Å². The number of benzene rings is 1. The summed E-state index contributed by atoms with van der Waals surface area (Å²) in [4.78, 5) is 4.51. The lowest BCUT2D eigenvalue weighted by Gasteiger charge is -2.54. The molecule has 3 heteroatoms. The SMILES string of the molecule is c1ccc2oc(NCCC3C4CC5CC(C4)CC3C5)nc2c1. The molecule has 3 nitrogen and oxygen atoms in total. The molecule has 6 rings (SSSR count). The smallest absolute Gasteiger partial charge is 0.295 e. The third kappa shape index (κ3) is 2.13. The molecule has 0 spiro atoms. The molecule has 1 aromatic carbocycles. The van der Waals surface area contributed by atoms with Crippen LogP contribution in [0.1, 0.15) is 38.5 Å². The molecule has 4 aliphatic rings. The first-order valence-corrected chi connectivity index (χ1v) is 8.94. The molecule has 1 N–H and O–H groups in total. The molecule has 22 heavy (non-hydrogen) atoms. The van der Waals surface area contributed by atoms with Gasteiger partial charge in [0.15, 0.2) is 5.58 Å². The Morgan fingerprint density at radius 1 is 1.00 bits per heavy atom. The number of fused-ring (bicyclic) bond motifs is 1. The zero-order chi connectivity index (χ0) is 14.5. The van der Waals surface area contributed by atoms with Gasteiger partial charge in [-0.25, -0.2) is 0 Å². The summed E-state index contributed by atoms with van der Waals surface area (Å²) in [5.74, 6) is 5.13. The molecule has 0 saturated heterocycles. The van der Waals surface area contributed by atoms with E-state index < -0.39 is 0 Å². The van der Waals surface area contributed by atoms with Crippen LogP contribution >= 0.6 is 0 Å². The fourth-order valence-corrected chi connectivity index (χ4v) is 5.80. The Hall–Kier alpha value is -1.51. The Labute approximate surface area is 131 Å². The Kier molecular flexibility index (Phi) is 2.95. The zero-order valence-corrected chi connectivity index (χ0v) is 13.0. The quantitative estimate of drug-likeness (QED) is 0.888. The Bertz CT molecular complexity index is 616. The summed E-state index contributed by atoms with van der Waals surface area (Å²) in [6, 6.07) is 8.66. The van der Waals surface area contributed by atoms with Crippen LogP contribution in [0.15, 0.2) is 28.7 Å². The molecule has 4 saturated carbocycles.